The van der Waals surface area contributed by atoms with Crippen molar-refractivity contribution in [2.24, 2.45) is 5.73 Å². The molecule has 0 unspecified atom stereocenters. The highest BCUT2D eigenvalue weighted by Crippen LogP contribution is 2.21. The van der Waals surface area contributed by atoms with Gasteiger partial charge in [-0.15, -0.1) is 0 Å². The van der Waals surface area contributed by atoms with Gasteiger partial charge in [0, 0.05) is 6.04 Å². The molecule has 0 aliphatic rings. The lowest BCUT2D eigenvalue weighted by Gasteiger charge is -2.07. The van der Waals surface area contributed by atoms with Crippen LogP contribution in [0, 0.1) is 6.92 Å². The first-order chi connectivity index (χ1) is 5.61. The van der Waals surface area contributed by atoms with E-state index in [-0.39, 0.29) is 12.5 Å². The highest BCUT2D eigenvalue weighted by molar-refractivity contribution is 7.08. The molecule has 1 heterocycles. The molecule has 1 aromatic heterocycles. The van der Waals surface area contributed by atoms with Gasteiger partial charge in [0.1, 0.15) is 0 Å². The van der Waals surface area contributed by atoms with Gasteiger partial charge in [0.25, 0.3) is 0 Å². The van der Waals surface area contributed by atoms with Crippen molar-refractivity contribution in [3.05, 3.63) is 21.9 Å². The van der Waals surface area contributed by atoms with Crippen LogP contribution in [0.3, 0.4) is 0 Å². The van der Waals surface area contributed by atoms with E-state index in [1.165, 1.54) is 0 Å². The second kappa shape index (κ2) is 3.69. The number of hydrogen-bond acceptors (Lipinski definition) is 3. The molecule has 1 aromatic rings. The Hall–Kier alpha value is -0.870. The Bertz CT molecular complexity index is 282. The van der Waals surface area contributed by atoms with Crippen LogP contribution in [-0.2, 0) is 4.79 Å². The van der Waals surface area contributed by atoms with Crippen molar-refractivity contribution in [2.75, 3.05) is 0 Å². The van der Waals surface area contributed by atoms with Crippen LogP contribution < -0.4 is 5.73 Å². The summed E-state index contributed by atoms with van der Waals surface area (Å²) in [5.74, 6) is -0.854. The van der Waals surface area contributed by atoms with Crippen LogP contribution >= 0.6 is 11.3 Å². The minimum absolute atomic E-state index is 0.00241. The summed E-state index contributed by atoms with van der Waals surface area (Å²) in [5, 5.41) is 12.4. The molecule has 1 rings (SSSR count). The Balaban J connectivity index is 2.71. The molecular formula is C8H11NO2S. The van der Waals surface area contributed by atoms with Gasteiger partial charge in [0.15, 0.2) is 0 Å². The molecule has 66 valence electrons. The third kappa shape index (κ3) is 2.06. The van der Waals surface area contributed by atoms with E-state index in [1.807, 2.05) is 17.7 Å². The Morgan fingerprint density at radius 3 is 2.83 bits per heavy atom. The van der Waals surface area contributed by atoms with Crippen molar-refractivity contribution in [3.8, 4) is 0 Å². The van der Waals surface area contributed by atoms with Gasteiger partial charge in [0.2, 0.25) is 0 Å². The second-order valence-electron chi connectivity index (χ2n) is 2.71. The Kier molecular flexibility index (Phi) is 2.83. The summed E-state index contributed by atoms with van der Waals surface area (Å²) in [6, 6.07) is -0.367. The third-order valence-corrected chi connectivity index (χ3v) is 2.57. The van der Waals surface area contributed by atoms with E-state index in [2.05, 4.69) is 0 Å². The number of hydrogen-bond donors (Lipinski definition) is 2. The van der Waals surface area contributed by atoms with Crippen LogP contribution in [-0.4, -0.2) is 11.1 Å². The molecule has 0 aromatic carbocycles. The van der Waals surface area contributed by atoms with Gasteiger partial charge in [0.05, 0.1) is 6.42 Å². The van der Waals surface area contributed by atoms with E-state index in [0.29, 0.717) is 0 Å². The van der Waals surface area contributed by atoms with Gasteiger partial charge in [-0.1, -0.05) is 0 Å². The number of nitrogens with two attached hydrogens (primary N) is 1. The molecule has 0 amide bonds. The Labute approximate surface area is 74.8 Å². The number of rotatable bonds is 3. The first-order valence-electron chi connectivity index (χ1n) is 3.61. The third-order valence-electron chi connectivity index (χ3n) is 1.69. The van der Waals surface area contributed by atoms with Crippen molar-refractivity contribution >= 4 is 17.3 Å². The van der Waals surface area contributed by atoms with Crippen LogP contribution in [0.2, 0.25) is 0 Å². The second-order valence-corrected chi connectivity index (χ2v) is 3.46. The maximum atomic E-state index is 10.3. The highest BCUT2D eigenvalue weighted by atomic mass is 32.1. The summed E-state index contributed by atoms with van der Waals surface area (Å²) in [6.07, 6.45) is -0.00241. The predicted octanol–water partition coefficient (Wildman–Crippen LogP) is 1.53. The van der Waals surface area contributed by atoms with Gasteiger partial charge in [-0.25, -0.2) is 0 Å². The van der Waals surface area contributed by atoms with Gasteiger partial charge in [-0.3, -0.25) is 4.79 Å². The van der Waals surface area contributed by atoms with E-state index in [4.69, 9.17) is 10.8 Å². The summed E-state index contributed by atoms with van der Waals surface area (Å²) < 4.78 is 0. The van der Waals surface area contributed by atoms with Crippen LogP contribution in [0.25, 0.3) is 0 Å². The SMILES string of the molecule is Cc1cscc1[C@H](N)CC(=O)O. The van der Waals surface area contributed by atoms with E-state index < -0.39 is 5.97 Å². The van der Waals surface area contributed by atoms with Crippen molar-refractivity contribution < 1.29 is 9.90 Å². The molecule has 3 N–H and O–H groups in total. The van der Waals surface area contributed by atoms with Crippen LogP contribution in [0.5, 0.6) is 0 Å². The van der Waals surface area contributed by atoms with Crippen molar-refractivity contribution in [1.29, 1.82) is 0 Å². The molecule has 12 heavy (non-hydrogen) atoms. The van der Waals surface area contributed by atoms with Crippen LogP contribution in [0.4, 0.5) is 0 Å². The fraction of sp³-hybridized carbons (Fsp3) is 0.375. The number of thiophene rings is 1. The summed E-state index contributed by atoms with van der Waals surface area (Å²) in [7, 11) is 0. The zero-order chi connectivity index (χ0) is 9.14. The van der Waals surface area contributed by atoms with E-state index in [9.17, 15) is 4.79 Å². The summed E-state index contributed by atoms with van der Waals surface area (Å²) in [5.41, 5.74) is 7.69. The van der Waals surface area contributed by atoms with E-state index in [0.717, 1.165) is 11.1 Å². The molecule has 0 aliphatic heterocycles. The summed E-state index contributed by atoms with van der Waals surface area (Å²) >= 11 is 1.55. The Morgan fingerprint density at radius 2 is 2.42 bits per heavy atom. The van der Waals surface area contributed by atoms with Crippen LogP contribution in [0.15, 0.2) is 10.8 Å². The normalized spacial score (nSPS) is 12.8. The van der Waals surface area contributed by atoms with Gasteiger partial charge in [-0.05, 0) is 28.8 Å². The molecule has 0 radical (unpaired) electrons. The van der Waals surface area contributed by atoms with Crippen molar-refractivity contribution in [1.82, 2.24) is 0 Å². The van der Waals surface area contributed by atoms with Crippen LogP contribution in [0.1, 0.15) is 23.6 Å². The molecule has 4 heteroatoms. The molecule has 0 aliphatic carbocycles. The number of carboxylic acids is 1. The lowest BCUT2D eigenvalue weighted by Crippen LogP contribution is -2.14. The summed E-state index contributed by atoms with van der Waals surface area (Å²) in [6.45, 7) is 1.94. The standard InChI is InChI=1S/C8H11NO2S/c1-5-3-12-4-6(5)7(9)2-8(10)11/h3-4,7H,2,9H2,1H3,(H,10,11)/t7-/m1/s1. The van der Waals surface area contributed by atoms with Crippen molar-refractivity contribution in [3.63, 3.8) is 0 Å². The molecule has 0 fully saturated rings. The van der Waals surface area contributed by atoms with Gasteiger partial charge < -0.3 is 10.8 Å². The zero-order valence-corrected chi connectivity index (χ0v) is 7.60. The minimum Gasteiger partial charge on any atom is -0.481 e. The molecule has 0 spiro atoms. The number of carboxylic acid groups (broad SMARTS) is 1. The smallest absolute Gasteiger partial charge is 0.305 e. The average molecular weight is 185 g/mol. The number of aliphatic carboxylic acids is 1. The molecular weight excluding hydrogens is 174 g/mol. The van der Waals surface area contributed by atoms with Gasteiger partial charge >= 0.3 is 5.97 Å². The molecule has 1 atom stereocenters. The maximum absolute atomic E-state index is 10.3. The lowest BCUT2D eigenvalue weighted by atomic mass is 10.1. The predicted molar refractivity (Wildman–Crippen MR) is 48.2 cm³/mol. The topological polar surface area (TPSA) is 63.3 Å². The molecule has 0 saturated heterocycles. The first-order valence-corrected chi connectivity index (χ1v) is 4.55. The molecule has 0 bridgehead atoms. The number of aryl methyl sites for hydroxylation is 1. The minimum atomic E-state index is -0.854. The fourth-order valence-corrected chi connectivity index (χ4v) is 1.96. The maximum Gasteiger partial charge on any atom is 0.305 e. The van der Waals surface area contributed by atoms with Crippen molar-refractivity contribution in [2.45, 2.75) is 19.4 Å². The highest BCUT2D eigenvalue weighted by Gasteiger charge is 2.12. The fourth-order valence-electron chi connectivity index (χ4n) is 1.05. The zero-order valence-electron chi connectivity index (χ0n) is 6.78. The summed E-state index contributed by atoms with van der Waals surface area (Å²) in [4.78, 5) is 10.3. The first kappa shape index (κ1) is 9.22. The molecule has 0 saturated carbocycles. The lowest BCUT2D eigenvalue weighted by molar-refractivity contribution is -0.137. The van der Waals surface area contributed by atoms with E-state index >= 15 is 0 Å². The average Bonchev–Trinajstić information content (AvgIpc) is 2.33. The quantitative estimate of drug-likeness (QED) is 0.750. The number of carbonyl (C=O) groups is 1. The van der Waals surface area contributed by atoms with E-state index in [1.54, 1.807) is 11.3 Å². The monoisotopic (exact) mass is 185 g/mol. The Morgan fingerprint density at radius 1 is 1.75 bits per heavy atom. The molecule has 3 nitrogen and oxygen atoms in total. The van der Waals surface area contributed by atoms with Gasteiger partial charge in [-0.2, -0.15) is 11.3 Å². The largest absolute Gasteiger partial charge is 0.481 e.